The first-order valence-corrected chi connectivity index (χ1v) is 5.17. The summed E-state index contributed by atoms with van der Waals surface area (Å²) in [5, 5.41) is 8.35. The summed E-state index contributed by atoms with van der Waals surface area (Å²) in [6.07, 6.45) is -0.966. The molecule has 74 valence electrons. The van der Waals surface area contributed by atoms with Crippen LogP contribution in [0.4, 0.5) is 0 Å². The van der Waals surface area contributed by atoms with Crippen LogP contribution < -0.4 is 0 Å². The van der Waals surface area contributed by atoms with E-state index < -0.39 is 22.2 Å². The number of hydrogen-bond donors (Lipinski definition) is 0. The van der Waals surface area contributed by atoms with Crippen LogP contribution in [0.1, 0.15) is 6.92 Å². The van der Waals surface area contributed by atoms with E-state index in [-0.39, 0.29) is 6.61 Å². The van der Waals surface area contributed by atoms with Crippen molar-refractivity contribution in [3.8, 4) is 6.07 Å². The van der Waals surface area contributed by atoms with Crippen LogP contribution >= 0.6 is 0 Å². The number of carbonyl (C=O) groups excluding carboxylic acids is 1. The largest absolute Gasteiger partial charge is 0.463 e. The molecule has 0 rings (SSSR count). The highest BCUT2D eigenvalue weighted by Crippen LogP contribution is 1.99. The summed E-state index contributed by atoms with van der Waals surface area (Å²) in [6.45, 7) is 1.59. The van der Waals surface area contributed by atoms with E-state index >= 15 is 0 Å². The maximum absolute atomic E-state index is 10.8. The fourth-order valence-corrected chi connectivity index (χ4v) is 0.977. The fraction of sp³-hybridized carbons (Fsp3) is 0.667. The molecule has 0 spiro atoms. The zero-order chi connectivity index (χ0) is 10.5. The fourth-order valence-electron chi connectivity index (χ4n) is 0.506. The maximum Gasteiger partial charge on any atom is 0.351 e. The molecule has 6 nitrogen and oxygen atoms in total. The van der Waals surface area contributed by atoms with E-state index in [1.807, 2.05) is 0 Å². The van der Waals surface area contributed by atoms with Gasteiger partial charge in [-0.2, -0.15) is 13.7 Å². The lowest BCUT2D eigenvalue weighted by atomic mass is 10.4. The normalized spacial score (nSPS) is 13.0. The molecule has 1 unspecified atom stereocenters. The van der Waals surface area contributed by atoms with E-state index in [1.54, 1.807) is 0 Å². The van der Waals surface area contributed by atoms with Gasteiger partial charge in [0.1, 0.15) is 6.07 Å². The van der Waals surface area contributed by atoms with Gasteiger partial charge in [-0.15, -0.1) is 0 Å². The molecule has 0 amide bonds. The SMILES string of the molecule is CCOC(=O)C(C#N)OS(C)(=O)=O. The Hall–Kier alpha value is -1.13. The number of carbonyl (C=O) groups is 1. The maximum atomic E-state index is 10.8. The number of nitriles is 1. The first-order valence-electron chi connectivity index (χ1n) is 3.35. The van der Waals surface area contributed by atoms with Gasteiger partial charge in [0.25, 0.3) is 16.2 Å². The molecular formula is C6H9NO5S. The predicted molar refractivity (Wildman–Crippen MR) is 42.0 cm³/mol. The molecule has 0 aromatic rings. The number of nitrogens with zero attached hydrogens (tertiary/aromatic N) is 1. The van der Waals surface area contributed by atoms with E-state index in [1.165, 1.54) is 13.0 Å². The summed E-state index contributed by atoms with van der Waals surface area (Å²) >= 11 is 0. The lowest BCUT2D eigenvalue weighted by Crippen LogP contribution is -2.27. The lowest BCUT2D eigenvalue weighted by molar-refractivity contribution is -0.148. The van der Waals surface area contributed by atoms with Crippen molar-refractivity contribution in [2.45, 2.75) is 13.0 Å². The quantitative estimate of drug-likeness (QED) is 0.452. The van der Waals surface area contributed by atoms with Crippen LogP contribution in [0, 0.1) is 11.3 Å². The second kappa shape index (κ2) is 4.79. The van der Waals surface area contributed by atoms with Crippen LogP contribution in [0.15, 0.2) is 0 Å². The number of esters is 1. The summed E-state index contributed by atoms with van der Waals surface area (Å²) in [5.41, 5.74) is 0. The highest BCUT2D eigenvalue weighted by atomic mass is 32.2. The van der Waals surface area contributed by atoms with Gasteiger partial charge in [0.2, 0.25) is 0 Å². The Bertz CT molecular complexity index is 314. The van der Waals surface area contributed by atoms with Gasteiger partial charge in [0.15, 0.2) is 0 Å². The highest BCUT2D eigenvalue weighted by Gasteiger charge is 2.24. The third-order valence-electron chi connectivity index (χ3n) is 0.889. The molecule has 0 aliphatic heterocycles. The summed E-state index contributed by atoms with van der Waals surface area (Å²) < 4.78 is 29.6. The van der Waals surface area contributed by atoms with Crippen LogP contribution in [0.5, 0.6) is 0 Å². The van der Waals surface area contributed by atoms with Crippen molar-refractivity contribution in [3.05, 3.63) is 0 Å². The van der Waals surface area contributed by atoms with Gasteiger partial charge in [-0.3, -0.25) is 0 Å². The van der Waals surface area contributed by atoms with Gasteiger partial charge in [-0.25, -0.2) is 8.98 Å². The molecule has 13 heavy (non-hydrogen) atoms. The molecule has 0 N–H and O–H groups in total. The van der Waals surface area contributed by atoms with E-state index in [4.69, 9.17) is 5.26 Å². The molecule has 0 aromatic carbocycles. The van der Waals surface area contributed by atoms with Crippen molar-refractivity contribution >= 4 is 16.1 Å². The molecule has 0 aromatic heterocycles. The van der Waals surface area contributed by atoms with Crippen molar-refractivity contribution in [1.29, 1.82) is 5.26 Å². The molecule has 0 saturated carbocycles. The summed E-state index contributed by atoms with van der Waals surface area (Å²) in [6, 6.07) is 1.37. The molecule has 0 aliphatic carbocycles. The first kappa shape index (κ1) is 11.9. The van der Waals surface area contributed by atoms with Gasteiger partial charge in [-0.05, 0) is 6.92 Å². The molecule has 0 saturated heterocycles. The molecule has 1 atom stereocenters. The Morgan fingerprint density at radius 1 is 1.62 bits per heavy atom. The zero-order valence-corrected chi connectivity index (χ0v) is 8.00. The molecule has 7 heteroatoms. The third kappa shape index (κ3) is 5.16. The minimum absolute atomic E-state index is 0.0597. The standard InChI is InChI=1S/C6H9NO5S/c1-3-11-6(8)5(4-7)12-13(2,9)10/h5H,3H2,1-2H3. The van der Waals surface area contributed by atoms with Crippen LogP contribution in [-0.4, -0.2) is 33.4 Å². The van der Waals surface area contributed by atoms with Crippen molar-refractivity contribution in [2.24, 2.45) is 0 Å². The molecular weight excluding hydrogens is 198 g/mol. The van der Waals surface area contributed by atoms with Crippen molar-refractivity contribution in [1.82, 2.24) is 0 Å². The molecule has 0 heterocycles. The minimum atomic E-state index is -3.82. The van der Waals surface area contributed by atoms with E-state index in [0.29, 0.717) is 0 Å². The molecule has 0 radical (unpaired) electrons. The van der Waals surface area contributed by atoms with Crippen molar-refractivity contribution < 1.29 is 22.1 Å². The van der Waals surface area contributed by atoms with E-state index in [2.05, 4.69) is 8.92 Å². The second-order valence-electron chi connectivity index (χ2n) is 2.06. The average molecular weight is 207 g/mol. The minimum Gasteiger partial charge on any atom is -0.463 e. The predicted octanol–water partition coefficient (Wildman–Crippen LogP) is -0.582. The van der Waals surface area contributed by atoms with Crippen molar-refractivity contribution in [3.63, 3.8) is 0 Å². The van der Waals surface area contributed by atoms with Crippen LogP contribution in [0.25, 0.3) is 0 Å². The van der Waals surface area contributed by atoms with Gasteiger partial charge in [0.05, 0.1) is 12.9 Å². The Kier molecular flexibility index (Phi) is 4.37. The smallest absolute Gasteiger partial charge is 0.351 e. The van der Waals surface area contributed by atoms with Crippen LogP contribution in [0.3, 0.4) is 0 Å². The Morgan fingerprint density at radius 2 is 2.15 bits per heavy atom. The monoisotopic (exact) mass is 207 g/mol. The second-order valence-corrected chi connectivity index (χ2v) is 3.66. The van der Waals surface area contributed by atoms with Crippen LogP contribution in [-0.2, 0) is 23.8 Å². The Labute approximate surface area is 76.2 Å². The van der Waals surface area contributed by atoms with Gasteiger partial charge >= 0.3 is 5.97 Å². The molecule has 0 aliphatic rings. The Balaban J connectivity index is 4.38. The summed E-state index contributed by atoms with van der Waals surface area (Å²) in [5.74, 6) is -1.00. The number of hydrogen-bond acceptors (Lipinski definition) is 6. The van der Waals surface area contributed by atoms with E-state index in [0.717, 1.165) is 6.26 Å². The van der Waals surface area contributed by atoms with Crippen molar-refractivity contribution in [2.75, 3.05) is 12.9 Å². The number of ether oxygens (including phenoxy) is 1. The lowest BCUT2D eigenvalue weighted by Gasteiger charge is -2.06. The summed E-state index contributed by atoms with van der Waals surface area (Å²) in [4.78, 5) is 10.8. The van der Waals surface area contributed by atoms with Gasteiger partial charge in [-0.1, -0.05) is 0 Å². The Morgan fingerprint density at radius 3 is 2.46 bits per heavy atom. The number of rotatable bonds is 4. The summed E-state index contributed by atoms with van der Waals surface area (Å²) in [7, 11) is -3.82. The third-order valence-corrected chi connectivity index (χ3v) is 1.43. The van der Waals surface area contributed by atoms with E-state index in [9.17, 15) is 13.2 Å². The molecule has 0 bridgehead atoms. The van der Waals surface area contributed by atoms with Gasteiger partial charge < -0.3 is 4.74 Å². The van der Waals surface area contributed by atoms with Crippen LogP contribution in [0.2, 0.25) is 0 Å². The molecule has 0 fully saturated rings. The highest BCUT2D eigenvalue weighted by molar-refractivity contribution is 7.86. The van der Waals surface area contributed by atoms with Gasteiger partial charge in [0, 0.05) is 0 Å². The first-order chi connectivity index (χ1) is 5.90. The topological polar surface area (TPSA) is 93.5 Å². The average Bonchev–Trinajstić information content (AvgIpc) is 1.99. The zero-order valence-electron chi connectivity index (χ0n) is 7.18.